The Kier molecular flexibility index (Phi) is 1.57. The van der Waals surface area contributed by atoms with Crippen LogP contribution in [0.5, 0.6) is 0 Å². The first-order valence-electron chi connectivity index (χ1n) is 3.51. The predicted octanol–water partition coefficient (Wildman–Crippen LogP) is 1.38. The summed E-state index contributed by atoms with van der Waals surface area (Å²) in [5.74, 6) is 1.78. The Hall–Kier alpha value is -0.0400. The second-order valence-corrected chi connectivity index (χ2v) is 2.95. The van der Waals surface area contributed by atoms with E-state index in [1.807, 2.05) is 0 Å². The smallest absolute Gasteiger partial charge is 0.00671 e. The molecule has 2 N–H and O–H groups in total. The van der Waals surface area contributed by atoms with Gasteiger partial charge in [0.2, 0.25) is 0 Å². The lowest BCUT2D eigenvalue weighted by atomic mass is 10.1. The quantitative estimate of drug-likeness (QED) is 0.575. The lowest BCUT2D eigenvalue weighted by Gasteiger charge is -2.04. The van der Waals surface area contributed by atoms with E-state index in [1.54, 1.807) is 0 Å². The number of hydrogen-bond donors (Lipinski definition) is 1. The van der Waals surface area contributed by atoms with Crippen LogP contribution in [-0.4, -0.2) is 6.04 Å². The minimum atomic E-state index is 0.491. The standard InChI is InChI=1S/C7H15N/c1-3-7(8)6-4-5(6)2/h5-7H,3-4,8H2,1-2H3. The van der Waals surface area contributed by atoms with Gasteiger partial charge in [0.25, 0.3) is 0 Å². The number of nitrogens with two attached hydrogens (primary N) is 1. The van der Waals surface area contributed by atoms with E-state index in [2.05, 4.69) is 13.8 Å². The topological polar surface area (TPSA) is 26.0 Å². The Morgan fingerprint density at radius 1 is 1.75 bits per heavy atom. The molecule has 0 aromatic carbocycles. The molecule has 1 heteroatoms. The molecule has 1 rings (SSSR count). The monoisotopic (exact) mass is 113 g/mol. The van der Waals surface area contributed by atoms with Gasteiger partial charge in [-0.05, 0) is 24.7 Å². The molecule has 1 nitrogen and oxygen atoms in total. The molecular formula is C7H15N. The lowest BCUT2D eigenvalue weighted by Crippen LogP contribution is -2.21. The van der Waals surface area contributed by atoms with Crippen molar-refractivity contribution in [3.05, 3.63) is 0 Å². The van der Waals surface area contributed by atoms with E-state index in [1.165, 1.54) is 6.42 Å². The molecule has 0 aromatic heterocycles. The molecule has 0 heterocycles. The second kappa shape index (κ2) is 2.06. The Bertz CT molecular complexity index is 78.5. The molecule has 1 aliphatic rings. The number of rotatable bonds is 2. The molecule has 0 saturated heterocycles. The fourth-order valence-corrected chi connectivity index (χ4v) is 1.25. The minimum Gasteiger partial charge on any atom is -0.327 e. The van der Waals surface area contributed by atoms with E-state index in [0.29, 0.717) is 6.04 Å². The van der Waals surface area contributed by atoms with Gasteiger partial charge in [0.05, 0.1) is 0 Å². The maximum absolute atomic E-state index is 5.77. The van der Waals surface area contributed by atoms with Gasteiger partial charge in [-0.15, -0.1) is 0 Å². The molecule has 0 spiro atoms. The molecule has 0 bridgehead atoms. The van der Waals surface area contributed by atoms with E-state index in [4.69, 9.17) is 5.73 Å². The number of hydrogen-bond acceptors (Lipinski definition) is 1. The zero-order valence-electron chi connectivity index (χ0n) is 5.72. The van der Waals surface area contributed by atoms with Crippen molar-refractivity contribution in [1.29, 1.82) is 0 Å². The Balaban J connectivity index is 2.18. The van der Waals surface area contributed by atoms with Crippen LogP contribution in [0.2, 0.25) is 0 Å². The fraction of sp³-hybridized carbons (Fsp3) is 1.00. The molecule has 0 aliphatic heterocycles. The van der Waals surface area contributed by atoms with E-state index in [9.17, 15) is 0 Å². The van der Waals surface area contributed by atoms with Gasteiger partial charge in [0, 0.05) is 6.04 Å². The van der Waals surface area contributed by atoms with Crippen LogP contribution in [0.25, 0.3) is 0 Å². The summed E-state index contributed by atoms with van der Waals surface area (Å²) in [4.78, 5) is 0. The summed E-state index contributed by atoms with van der Waals surface area (Å²) in [6.45, 7) is 4.44. The highest BCUT2D eigenvalue weighted by Crippen LogP contribution is 2.40. The highest BCUT2D eigenvalue weighted by atomic mass is 14.7. The van der Waals surface area contributed by atoms with E-state index >= 15 is 0 Å². The van der Waals surface area contributed by atoms with Gasteiger partial charge < -0.3 is 5.73 Å². The van der Waals surface area contributed by atoms with Crippen LogP contribution in [-0.2, 0) is 0 Å². The average molecular weight is 113 g/mol. The first-order chi connectivity index (χ1) is 3.75. The third-order valence-electron chi connectivity index (χ3n) is 2.19. The van der Waals surface area contributed by atoms with Gasteiger partial charge in [-0.3, -0.25) is 0 Å². The first-order valence-corrected chi connectivity index (χ1v) is 3.51. The SMILES string of the molecule is CCC(N)C1CC1C. The Morgan fingerprint density at radius 3 is 2.38 bits per heavy atom. The molecule has 48 valence electrons. The van der Waals surface area contributed by atoms with E-state index in [0.717, 1.165) is 18.3 Å². The third-order valence-corrected chi connectivity index (χ3v) is 2.19. The minimum absolute atomic E-state index is 0.491. The third kappa shape index (κ3) is 1.03. The van der Waals surface area contributed by atoms with Crippen molar-refractivity contribution in [2.45, 2.75) is 32.7 Å². The zero-order chi connectivity index (χ0) is 6.15. The molecule has 1 fully saturated rings. The van der Waals surface area contributed by atoms with Crippen LogP contribution < -0.4 is 5.73 Å². The molecule has 3 atom stereocenters. The molecule has 0 aromatic rings. The maximum Gasteiger partial charge on any atom is 0.00671 e. The first kappa shape index (κ1) is 6.09. The Labute approximate surface area is 51.3 Å². The molecular weight excluding hydrogens is 98.1 g/mol. The molecule has 1 saturated carbocycles. The summed E-state index contributed by atoms with van der Waals surface area (Å²) in [5.41, 5.74) is 5.77. The van der Waals surface area contributed by atoms with Gasteiger partial charge in [0.15, 0.2) is 0 Å². The van der Waals surface area contributed by atoms with Crippen LogP contribution >= 0.6 is 0 Å². The summed E-state index contributed by atoms with van der Waals surface area (Å²) in [6.07, 6.45) is 2.52. The van der Waals surface area contributed by atoms with Crippen molar-refractivity contribution in [1.82, 2.24) is 0 Å². The molecule has 8 heavy (non-hydrogen) atoms. The average Bonchev–Trinajstić information content (AvgIpc) is 2.45. The molecule has 0 radical (unpaired) electrons. The molecule has 3 unspecified atom stereocenters. The lowest BCUT2D eigenvalue weighted by molar-refractivity contribution is 0.547. The van der Waals surface area contributed by atoms with Gasteiger partial charge in [-0.2, -0.15) is 0 Å². The van der Waals surface area contributed by atoms with Crippen LogP contribution in [0.15, 0.2) is 0 Å². The Morgan fingerprint density at radius 2 is 2.25 bits per heavy atom. The largest absolute Gasteiger partial charge is 0.327 e. The zero-order valence-corrected chi connectivity index (χ0v) is 5.72. The van der Waals surface area contributed by atoms with Crippen LogP contribution in [0.4, 0.5) is 0 Å². The predicted molar refractivity (Wildman–Crippen MR) is 35.5 cm³/mol. The molecule has 0 amide bonds. The van der Waals surface area contributed by atoms with Crippen molar-refractivity contribution in [2.24, 2.45) is 17.6 Å². The summed E-state index contributed by atoms with van der Waals surface area (Å²) in [6, 6.07) is 0.491. The van der Waals surface area contributed by atoms with Gasteiger partial charge in [-0.25, -0.2) is 0 Å². The van der Waals surface area contributed by atoms with E-state index in [-0.39, 0.29) is 0 Å². The van der Waals surface area contributed by atoms with Crippen molar-refractivity contribution in [3.63, 3.8) is 0 Å². The van der Waals surface area contributed by atoms with E-state index < -0.39 is 0 Å². The van der Waals surface area contributed by atoms with Crippen molar-refractivity contribution in [3.8, 4) is 0 Å². The second-order valence-electron chi connectivity index (χ2n) is 2.95. The van der Waals surface area contributed by atoms with Crippen LogP contribution in [0, 0.1) is 11.8 Å². The van der Waals surface area contributed by atoms with Crippen molar-refractivity contribution >= 4 is 0 Å². The van der Waals surface area contributed by atoms with Crippen molar-refractivity contribution < 1.29 is 0 Å². The summed E-state index contributed by atoms with van der Waals surface area (Å²) in [5, 5.41) is 0. The van der Waals surface area contributed by atoms with Gasteiger partial charge in [0.1, 0.15) is 0 Å². The van der Waals surface area contributed by atoms with Crippen LogP contribution in [0.3, 0.4) is 0 Å². The highest BCUT2D eigenvalue weighted by molar-refractivity contribution is 4.89. The molecule has 1 aliphatic carbocycles. The van der Waals surface area contributed by atoms with Gasteiger partial charge >= 0.3 is 0 Å². The summed E-state index contributed by atoms with van der Waals surface area (Å²) >= 11 is 0. The normalized spacial score (nSPS) is 39.4. The maximum atomic E-state index is 5.77. The summed E-state index contributed by atoms with van der Waals surface area (Å²) < 4.78 is 0. The van der Waals surface area contributed by atoms with Crippen LogP contribution in [0.1, 0.15) is 26.7 Å². The fourth-order valence-electron chi connectivity index (χ4n) is 1.25. The van der Waals surface area contributed by atoms with Crippen molar-refractivity contribution in [2.75, 3.05) is 0 Å². The highest BCUT2D eigenvalue weighted by Gasteiger charge is 2.36. The van der Waals surface area contributed by atoms with Gasteiger partial charge in [-0.1, -0.05) is 13.8 Å². The summed E-state index contributed by atoms with van der Waals surface area (Å²) in [7, 11) is 0.